The summed E-state index contributed by atoms with van der Waals surface area (Å²) in [5.74, 6) is 2.86. The summed E-state index contributed by atoms with van der Waals surface area (Å²) in [5.41, 5.74) is 1.09. The SMILES string of the molecule is COc1cc(OC)cc(N2CCC(Nc3cncc(OC(C)C)n3)C2)c1. The van der Waals surface area contributed by atoms with Crippen molar-refractivity contribution >= 4 is 11.5 Å². The van der Waals surface area contributed by atoms with Gasteiger partial charge < -0.3 is 24.4 Å². The van der Waals surface area contributed by atoms with Gasteiger partial charge in [-0.3, -0.25) is 4.98 Å². The van der Waals surface area contributed by atoms with Crippen LogP contribution in [0.4, 0.5) is 11.5 Å². The normalized spacial score (nSPS) is 16.7. The number of benzene rings is 1. The van der Waals surface area contributed by atoms with E-state index in [4.69, 9.17) is 14.2 Å². The van der Waals surface area contributed by atoms with Gasteiger partial charge in [0.25, 0.3) is 0 Å². The fourth-order valence-corrected chi connectivity index (χ4v) is 3.01. The quantitative estimate of drug-likeness (QED) is 0.816. The summed E-state index contributed by atoms with van der Waals surface area (Å²) < 4.78 is 16.3. The standard InChI is InChI=1S/C19H26N4O3/c1-13(2)26-19-11-20-10-18(22-19)21-14-5-6-23(12-14)15-7-16(24-3)9-17(8-15)25-4/h7-11,13-14H,5-6,12H2,1-4H3,(H,21,22). The first-order valence-electron chi connectivity index (χ1n) is 8.80. The number of nitrogens with one attached hydrogen (secondary N) is 1. The Morgan fingerprint density at radius 3 is 2.50 bits per heavy atom. The minimum atomic E-state index is 0.0737. The molecule has 1 N–H and O–H groups in total. The molecule has 1 aliphatic rings. The van der Waals surface area contributed by atoms with Crippen LogP contribution >= 0.6 is 0 Å². The monoisotopic (exact) mass is 358 g/mol. The molecule has 1 aliphatic heterocycles. The van der Waals surface area contributed by atoms with Crippen molar-refractivity contribution in [3.8, 4) is 17.4 Å². The molecular formula is C19H26N4O3. The molecule has 0 saturated carbocycles. The maximum Gasteiger partial charge on any atom is 0.234 e. The Labute approximate surface area is 154 Å². The van der Waals surface area contributed by atoms with E-state index in [-0.39, 0.29) is 12.1 Å². The van der Waals surface area contributed by atoms with E-state index in [1.807, 2.05) is 32.0 Å². The highest BCUT2D eigenvalue weighted by Gasteiger charge is 2.24. The fraction of sp³-hybridized carbons (Fsp3) is 0.474. The van der Waals surface area contributed by atoms with E-state index >= 15 is 0 Å². The minimum absolute atomic E-state index is 0.0737. The van der Waals surface area contributed by atoms with Gasteiger partial charge in [-0.05, 0) is 20.3 Å². The first kappa shape index (κ1) is 18.1. The second kappa shape index (κ2) is 8.12. The fourth-order valence-electron chi connectivity index (χ4n) is 3.01. The predicted octanol–water partition coefficient (Wildman–Crippen LogP) is 2.97. The van der Waals surface area contributed by atoms with E-state index in [0.29, 0.717) is 5.88 Å². The molecule has 1 aromatic heterocycles. The summed E-state index contributed by atoms with van der Waals surface area (Å²) in [6.45, 7) is 5.76. The van der Waals surface area contributed by atoms with E-state index in [2.05, 4.69) is 20.2 Å². The maximum atomic E-state index is 5.61. The second-order valence-electron chi connectivity index (χ2n) is 6.56. The van der Waals surface area contributed by atoms with Gasteiger partial charge in [0, 0.05) is 43.0 Å². The molecule has 7 nitrogen and oxygen atoms in total. The van der Waals surface area contributed by atoms with Crippen LogP contribution in [0.25, 0.3) is 0 Å². The number of anilines is 2. The molecule has 7 heteroatoms. The molecular weight excluding hydrogens is 332 g/mol. The highest BCUT2D eigenvalue weighted by Crippen LogP contribution is 2.31. The number of rotatable bonds is 7. The molecule has 0 radical (unpaired) electrons. The number of aromatic nitrogens is 2. The Morgan fingerprint density at radius 1 is 1.12 bits per heavy atom. The highest BCUT2D eigenvalue weighted by molar-refractivity contribution is 5.57. The number of nitrogens with zero attached hydrogens (tertiary/aromatic N) is 3. The molecule has 1 fully saturated rings. The number of hydrogen-bond acceptors (Lipinski definition) is 7. The molecule has 1 saturated heterocycles. The molecule has 1 unspecified atom stereocenters. The van der Waals surface area contributed by atoms with Gasteiger partial charge in [-0.2, -0.15) is 4.98 Å². The van der Waals surface area contributed by atoms with Crippen molar-refractivity contribution in [2.24, 2.45) is 0 Å². The van der Waals surface area contributed by atoms with Crippen molar-refractivity contribution in [1.29, 1.82) is 0 Å². The van der Waals surface area contributed by atoms with Crippen LogP contribution in [0, 0.1) is 0 Å². The third kappa shape index (κ3) is 4.47. The van der Waals surface area contributed by atoms with Crippen molar-refractivity contribution in [3.63, 3.8) is 0 Å². The van der Waals surface area contributed by atoms with Crippen LogP contribution in [0.15, 0.2) is 30.6 Å². The van der Waals surface area contributed by atoms with Crippen molar-refractivity contribution < 1.29 is 14.2 Å². The summed E-state index contributed by atoms with van der Waals surface area (Å²) in [7, 11) is 3.33. The molecule has 2 heterocycles. The molecule has 0 spiro atoms. The minimum Gasteiger partial charge on any atom is -0.497 e. The summed E-state index contributed by atoms with van der Waals surface area (Å²) in [5, 5.41) is 3.45. The first-order valence-corrected chi connectivity index (χ1v) is 8.80. The number of hydrogen-bond donors (Lipinski definition) is 1. The van der Waals surface area contributed by atoms with Gasteiger partial charge in [-0.15, -0.1) is 0 Å². The van der Waals surface area contributed by atoms with Crippen LogP contribution in [0.2, 0.25) is 0 Å². The zero-order valence-corrected chi connectivity index (χ0v) is 15.7. The summed E-state index contributed by atoms with van der Waals surface area (Å²) in [4.78, 5) is 11.0. The molecule has 0 amide bonds. The summed E-state index contributed by atoms with van der Waals surface area (Å²) in [6, 6.07) is 6.23. The van der Waals surface area contributed by atoms with Gasteiger partial charge in [-0.1, -0.05) is 0 Å². The smallest absolute Gasteiger partial charge is 0.234 e. The van der Waals surface area contributed by atoms with Crippen molar-refractivity contribution in [2.75, 3.05) is 37.5 Å². The van der Waals surface area contributed by atoms with Crippen LogP contribution in [-0.2, 0) is 0 Å². The van der Waals surface area contributed by atoms with Crippen molar-refractivity contribution in [3.05, 3.63) is 30.6 Å². The van der Waals surface area contributed by atoms with Gasteiger partial charge >= 0.3 is 0 Å². The molecule has 1 atom stereocenters. The van der Waals surface area contributed by atoms with Gasteiger partial charge in [0.15, 0.2) is 0 Å². The summed E-state index contributed by atoms with van der Waals surface area (Å²) in [6.07, 6.45) is 4.44. The van der Waals surface area contributed by atoms with Crippen molar-refractivity contribution in [2.45, 2.75) is 32.4 Å². The van der Waals surface area contributed by atoms with E-state index < -0.39 is 0 Å². The third-order valence-electron chi connectivity index (χ3n) is 4.21. The molecule has 140 valence electrons. The average Bonchev–Trinajstić information content (AvgIpc) is 3.09. The van der Waals surface area contributed by atoms with Crippen LogP contribution in [-0.4, -0.2) is 49.4 Å². The first-order chi connectivity index (χ1) is 12.6. The Bertz CT molecular complexity index is 716. The van der Waals surface area contributed by atoms with Gasteiger partial charge in [0.1, 0.15) is 17.3 Å². The van der Waals surface area contributed by atoms with Gasteiger partial charge in [-0.25, -0.2) is 0 Å². The van der Waals surface area contributed by atoms with Crippen molar-refractivity contribution in [1.82, 2.24) is 9.97 Å². The second-order valence-corrected chi connectivity index (χ2v) is 6.56. The van der Waals surface area contributed by atoms with Crippen LogP contribution in [0.3, 0.4) is 0 Å². The lowest BCUT2D eigenvalue weighted by atomic mass is 10.2. The Balaban J connectivity index is 1.66. The lowest BCUT2D eigenvalue weighted by Crippen LogP contribution is -2.26. The number of methoxy groups -OCH3 is 2. The van der Waals surface area contributed by atoms with E-state index in [1.54, 1.807) is 26.6 Å². The van der Waals surface area contributed by atoms with Crippen LogP contribution < -0.4 is 24.4 Å². The Kier molecular flexibility index (Phi) is 5.65. The Hall–Kier alpha value is -2.70. The van der Waals surface area contributed by atoms with E-state index in [0.717, 1.165) is 42.5 Å². The van der Waals surface area contributed by atoms with E-state index in [9.17, 15) is 0 Å². The maximum absolute atomic E-state index is 5.61. The lowest BCUT2D eigenvalue weighted by molar-refractivity contribution is 0.232. The highest BCUT2D eigenvalue weighted by atomic mass is 16.5. The van der Waals surface area contributed by atoms with Crippen LogP contribution in [0.1, 0.15) is 20.3 Å². The van der Waals surface area contributed by atoms with Gasteiger partial charge in [0.2, 0.25) is 5.88 Å². The zero-order valence-electron chi connectivity index (χ0n) is 15.7. The molecule has 0 aliphatic carbocycles. The summed E-state index contributed by atoms with van der Waals surface area (Å²) >= 11 is 0. The molecule has 1 aromatic carbocycles. The van der Waals surface area contributed by atoms with Crippen LogP contribution in [0.5, 0.6) is 17.4 Å². The van der Waals surface area contributed by atoms with Gasteiger partial charge in [0.05, 0.1) is 32.7 Å². The lowest BCUT2D eigenvalue weighted by Gasteiger charge is -2.21. The zero-order chi connectivity index (χ0) is 18.5. The molecule has 3 rings (SSSR count). The Morgan fingerprint density at radius 2 is 1.85 bits per heavy atom. The third-order valence-corrected chi connectivity index (χ3v) is 4.21. The average molecular weight is 358 g/mol. The van der Waals surface area contributed by atoms with E-state index in [1.165, 1.54) is 0 Å². The largest absolute Gasteiger partial charge is 0.497 e. The molecule has 0 bridgehead atoms. The molecule has 2 aromatic rings. The molecule has 26 heavy (non-hydrogen) atoms. The topological polar surface area (TPSA) is 68.7 Å². The predicted molar refractivity (Wildman–Crippen MR) is 102 cm³/mol. The number of ether oxygens (including phenoxy) is 3.